The normalized spacial score (nSPS) is 10.8. The maximum atomic E-state index is 13.6. The number of nitrogens with one attached hydrogen (secondary N) is 1. The largest absolute Gasteiger partial charge is 0.334 e. The van der Waals surface area contributed by atoms with Gasteiger partial charge in [0.05, 0.1) is 11.3 Å². The molecule has 0 amide bonds. The molecule has 2 rings (SSSR count). The van der Waals surface area contributed by atoms with E-state index < -0.39 is 34.4 Å². The Morgan fingerprint density at radius 1 is 1.21 bits per heavy atom. The highest BCUT2D eigenvalue weighted by Crippen LogP contribution is 2.16. The van der Waals surface area contributed by atoms with Crippen molar-refractivity contribution in [1.29, 1.82) is 0 Å². The van der Waals surface area contributed by atoms with E-state index in [-0.39, 0.29) is 15.3 Å². The van der Waals surface area contributed by atoms with Crippen molar-refractivity contribution in [3.63, 3.8) is 0 Å². The van der Waals surface area contributed by atoms with E-state index in [0.29, 0.717) is 12.1 Å². The van der Waals surface area contributed by atoms with Crippen molar-refractivity contribution in [3.05, 3.63) is 61.1 Å². The second kappa shape index (κ2) is 4.58. The number of aromatic amines is 1. The fourth-order valence-electron chi connectivity index (χ4n) is 1.52. The molecule has 1 aromatic heterocycles. The van der Waals surface area contributed by atoms with Crippen molar-refractivity contribution in [1.82, 2.24) is 9.55 Å². The fraction of sp³-hybridized carbons (Fsp3) is 0.0909. The van der Waals surface area contributed by atoms with Crippen LogP contribution in [0.5, 0.6) is 0 Å². The van der Waals surface area contributed by atoms with Gasteiger partial charge in [0.25, 0.3) is 5.56 Å². The van der Waals surface area contributed by atoms with Crippen LogP contribution in [0.4, 0.5) is 13.2 Å². The lowest BCUT2D eigenvalue weighted by atomic mass is 10.2. The number of benzene rings is 1. The smallest absolute Gasteiger partial charge is 0.297 e. The Hall–Kier alpha value is -2.02. The number of hydrogen-bond acceptors (Lipinski definition) is 2. The van der Waals surface area contributed by atoms with Gasteiger partial charge in [-0.2, -0.15) is 0 Å². The first kappa shape index (κ1) is 13.4. The summed E-state index contributed by atoms with van der Waals surface area (Å²) in [5, 5.41) is -0.219. The fourth-order valence-corrected chi connectivity index (χ4v) is 1.68. The van der Waals surface area contributed by atoms with Crippen molar-refractivity contribution < 1.29 is 13.2 Å². The minimum absolute atomic E-state index is 0.0784. The van der Waals surface area contributed by atoms with Gasteiger partial charge in [0, 0.05) is 12.1 Å². The van der Waals surface area contributed by atoms with Crippen LogP contribution >= 0.6 is 11.6 Å². The van der Waals surface area contributed by atoms with Gasteiger partial charge >= 0.3 is 5.69 Å². The van der Waals surface area contributed by atoms with Gasteiger partial charge in [-0.3, -0.25) is 9.78 Å². The maximum absolute atomic E-state index is 13.6. The summed E-state index contributed by atoms with van der Waals surface area (Å²) >= 11 is 5.57. The summed E-state index contributed by atoms with van der Waals surface area (Å²) in [6.45, 7) is 1.28. The van der Waals surface area contributed by atoms with Crippen LogP contribution in [-0.4, -0.2) is 9.55 Å². The number of halogens is 4. The zero-order valence-corrected chi connectivity index (χ0v) is 10.2. The Kier molecular flexibility index (Phi) is 3.23. The summed E-state index contributed by atoms with van der Waals surface area (Å²) in [5.74, 6) is -4.13. The van der Waals surface area contributed by atoms with Crippen LogP contribution in [0.15, 0.2) is 21.7 Å². The Balaban J connectivity index is 2.92. The van der Waals surface area contributed by atoms with E-state index in [1.807, 2.05) is 0 Å². The summed E-state index contributed by atoms with van der Waals surface area (Å²) in [6, 6.07) is 0.850. The highest BCUT2D eigenvalue weighted by molar-refractivity contribution is 6.30. The Morgan fingerprint density at radius 3 is 2.47 bits per heavy atom. The summed E-state index contributed by atoms with van der Waals surface area (Å²) in [4.78, 5) is 25.5. The van der Waals surface area contributed by atoms with Crippen molar-refractivity contribution in [3.8, 4) is 5.69 Å². The third-order valence-corrected chi connectivity index (χ3v) is 2.87. The number of rotatable bonds is 1. The number of aromatic nitrogens is 2. The zero-order chi connectivity index (χ0) is 14.3. The molecule has 0 saturated heterocycles. The molecule has 0 aliphatic carbocycles. The second-order valence-corrected chi connectivity index (χ2v) is 4.11. The summed E-state index contributed by atoms with van der Waals surface area (Å²) in [6.07, 6.45) is 0. The van der Waals surface area contributed by atoms with Crippen molar-refractivity contribution in [2.45, 2.75) is 6.92 Å². The van der Waals surface area contributed by atoms with Crippen LogP contribution in [0.3, 0.4) is 0 Å². The molecule has 1 N–H and O–H groups in total. The Labute approximate surface area is 109 Å². The van der Waals surface area contributed by atoms with Crippen molar-refractivity contribution in [2.75, 3.05) is 0 Å². The van der Waals surface area contributed by atoms with Gasteiger partial charge in [-0.1, -0.05) is 11.6 Å². The molecule has 0 atom stereocenters. The Bertz CT molecular complexity index is 783. The first-order valence-corrected chi connectivity index (χ1v) is 5.37. The predicted octanol–water partition coefficient (Wildman–Crippen LogP) is 1.90. The van der Waals surface area contributed by atoms with Gasteiger partial charge in [0.15, 0.2) is 11.6 Å². The molecule has 1 aromatic carbocycles. The van der Waals surface area contributed by atoms with Crippen molar-refractivity contribution in [2.24, 2.45) is 0 Å². The third-order valence-electron chi connectivity index (χ3n) is 2.49. The number of H-pyrrole nitrogens is 1. The first-order chi connectivity index (χ1) is 8.82. The minimum atomic E-state index is -1.51. The molecule has 0 fully saturated rings. The van der Waals surface area contributed by atoms with E-state index >= 15 is 0 Å². The van der Waals surface area contributed by atoms with Gasteiger partial charge < -0.3 is 0 Å². The molecular weight excluding hydrogens is 285 g/mol. The molecule has 19 heavy (non-hydrogen) atoms. The van der Waals surface area contributed by atoms with Crippen LogP contribution in [-0.2, 0) is 0 Å². The third kappa shape index (κ3) is 2.17. The average molecular weight is 291 g/mol. The lowest BCUT2D eigenvalue weighted by Crippen LogP contribution is -2.36. The van der Waals surface area contributed by atoms with Gasteiger partial charge in [-0.15, -0.1) is 0 Å². The minimum Gasteiger partial charge on any atom is -0.297 e. The highest BCUT2D eigenvalue weighted by atomic mass is 35.5. The zero-order valence-electron chi connectivity index (χ0n) is 9.43. The molecule has 8 heteroatoms. The molecular formula is C11H6ClF3N2O2. The molecule has 0 aliphatic heterocycles. The second-order valence-electron chi connectivity index (χ2n) is 3.73. The summed E-state index contributed by atoms with van der Waals surface area (Å²) in [5.41, 5.74) is -2.95. The van der Waals surface area contributed by atoms with E-state index in [2.05, 4.69) is 4.98 Å². The van der Waals surface area contributed by atoms with Crippen LogP contribution in [0, 0.1) is 24.4 Å². The first-order valence-electron chi connectivity index (χ1n) is 4.99. The lowest BCUT2D eigenvalue weighted by molar-refractivity contribution is 0.488. The maximum Gasteiger partial charge on any atom is 0.334 e. The molecule has 2 aromatic rings. The van der Waals surface area contributed by atoms with E-state index in [9.17, 15) is 22.8 Å². The van der Waals surface area contributed by atoms with E-state index in [1.54, 1.807) is 0 Å². The SMILES string of the molecule is Cc1c(Cl)[nH]c(=O)n(-c2cc(F)cc(F)c2F)c1=O. The molecule has 0 saturated carbocycles. The summed E-state index contributed by atoms with van der Waals surface area (Å²) < 4.78 is 40.0. The Morgan fingerprint density at radius 2 is 1.84 bits per heavy atom. The molecule has 0 bridgehead atoms. The van der Waals surface area contributed by atoms with Gasteiger partial charge in [-0.25, -0.2) is 22.5 Å². The lowest BCUT2D eigenvalue weighted by Gasteiger charge is -2.08. The summed E-state index contributed by atoms with van der Waals surface area (Å²) in [7, 11) is 0. The number of hydrogen-bond donors (Lipinski definition) is 1. The molecule has 0 radical (unpaired) electrons. The monoisotopic (exact) mass is 290 g/mol. The van der Waals surface area contributed by atoms with Gasteiger partial charge in [0.1, 0.15) is 11.0 Å². The van der Waals surface area contributed by atoms with Crippen LogP contribution in [0.1, 0.15) is 5.56 Å². The molecule has 100 valence electrons. The topological polar surface area (TPSA) is 54.9 Å². The van der Waals surface area contributed by atoms with Crippen LogP contribution in [0.2, 0.25) is 5.15 Å². The van der Waals surface area contributed by atoms with E-state index in [0.717, 1.165) is 0 Å². The molecule has 4 nitrogen and oxygen atoms in total. The van der Waals surface area contributed by atoms with Gasteiger partial charge in [-0.05, 0) is 6.92 Å². The van der Waals surface area contributed by atoms with E-state index in [1.165, 1.54) is 6.92 Å². The number of nitrogens with zero attached hydrogens (tertiary/aromatic N) is 1. The molecule has 0 unspecified atom stereocenters. The average Bonchev–Trinajstić information content (AvgIpc) is 2.32. The quantitative estimate of drug-likeness (QED) is 0.644. The van der Waals surface area contributed by atoms with Crippen LogP contribution in [0.25, 0.3) is 5.69 Å². The molecule has 0 aliphatic rings. The van der Waals surface area contributed by atoms with Crippen LogP contribution < -0.4 is 11.2 Å². The van der Waals surface area contributed by atoms with E-state index in [4.69, 9.17) is 11.6 Å². The molecule has 1 heterocycles. The van der Waals surface area contributed by atoms with Crippen molar-refractivity contribution >= 4 is 11.6 Å². The predicted molar refractivity (Wildman–Crippen MR) is 62.3 cm³/mol. The standard InChI is InChI=1S/C11H6ClF3N2O2/c1-4-9(12)16-11(19)17(10(4)18)7-3-5(13)2-6(14)8(7)15/h2-3H,1H3,(H,16,19). The van der Waals surface area contributed by atoms with Gasteiger partial charge in [0.2, 0.25) is 0 Å². The molecule has 0 spiro atoms. The highest BCUT2D eigenvalue weighted by Gasteiger charge is 2.18.